The van der Waals surface area contributed by atoms with Crippen molar-refractivity contribution in [1.29, 1.82) is 0 Å². The van der Waals surface area contributed by atoms with Gasteiger partial charge in [0.15, 0.2) is 11.5 Å². The van der Waals surface area contributed by atoms with Gasteiger partial charge in [0.2, 0.25) is 5.91 Å². The first-order valence-electron chi connectivity index (χ1n) is 7.61. The second-order valence-electron chi connectivity index (χ2n) is 5.63. The van der Waals surface area contributed by atoms with Crippen molar-refractivity contribution >= 4 is 17.0 Å². The van der Waals surface area contributed by atoms with Crippen molar-refractivity contribution < 1.29 is 9.21 Å². The largest absolute Gasteiger partial charge is 0.441 e. The van der Waals surface area contributed by atoms with Gasteiger partial charge in [-0.25, -0.2) is 4.98 Å². The molecule has 0 aliphatic heterocycles. The third-order valence-electron chi connectivity index (χ3n) is 3.83. The van der Waals surface area contributed by atoms with Crippen molar-refractivity contribution in [3.63, 3.8) is 0 Å². The van der Waals surface area contributed by atoms with Gasteiger partial charge in [-0.1, -0.05) is 6.07 Å². The van der Waals surface area contributed by atoms with E-state index < -0.39 is 0 Å². The predicted molar refractivity (Wildman–Crippen MR) is 88.0 cm³/mol. The maximum Gasteiger partial charge on any atom is 0.226 e. The minimum atomic E-state index is 0.0923. The lowest BCUT2D eigenvalue weighted by atomic mass is 10.1. The van der Waals surface area contributed by atoms with Gasteiger partial charge in [0.25, 0.3) is 0 Å². The van der Waals surface area contributed by atoms with Crippen molar-refractivity contribution in [2.45, 2.75) is 19.8 Å². The molecule has 23 heavy (non-hydrogen) atoms. The van der Waals surface area contributed by atoms with Gasteiger partial charge < -0.3 is 9.32 Å². The molecule has 118 valence electrons. The van der Waals surface area contributed by atoms with E-state index in [0.717, 1.165) is 23.1 Å². The molecule has 0 N–H and O–H groups in total. The molecule has 5 nitrogen and oxygen atoms in total. The van der Waals surface area contributed by atoms with Gasteiger partial charge in [-0.2, -0.15) is 0 Å². The molecule has 2 heterocycles. The number of aromatic nitrogens is 2. The number of fused-ring (bicyclic) bond motifs is 1. The van der Waals surface area contributed by atoms with Crippen LogP contribution in [0.1, 0.15) is 17.0 Å². The molecule has 0 unspecified atom stereocenters. The molecule has 0 aliphatic carbocycles. The fraction of sp³-hybridized carbons (Fsp3) is 0.278. The fourth-order valence-corrected chi connectivity index (χ4v) is 2.47. The molecule has 1 amide bonds. The van der Waals surface area contributed by atoms with Gasteiger partial charge in [-0.15, -0.1) is 0 Å². The molecule has 5 heteroatoms. The summed E-state index contributed by atoms with van der Waals surface area (Å²) in [6, 6.07) is 9.66. The van der Waals surface area contributed by atoms with Gasteiger partial charge in [-0.3, -0.25) is 9.78 Å². The van der Waals surface area contributed by atoms with E-state index in [9.17, 15) is 4.79 Å². The smallest absolute Gasteiger partial charge is 0.226 e. The molecule has 0 saturated carbocycles. The minimum absolute atomic E-state index is 0.0923. The van der Waals surface area contributed by atoms with E-state index in [1.165, 1.54) is 5.56 Å². The summed E-state index contributed by atoms with van der Waals surface area (Å²) in [6.07, 6.45) is 4.73. The van der Waals surface area contributed by atoms with Crippen molar-refractivity contribution in [1.82, 2.24) is 14.9 Å². The molecule has 0 spiro atoms. The molecule has 0 fully saturated rings. The number of pyridine rings is 1. The highest BCUT2D eigenvalue weighted by Gasteiger charge is 2.11. The molecule has 1 aromatic carbocycles. The highest BCUT2D eigenvalue weighted by molar-refractivity contribution is 5.81. The Morgan fingerprint density at radius 1 is 1.17 bits per heavy atom. The van der Waals surface area contributed by atoms with Gasteiger partial charge in [0.05, 0.1) is 6.42 Å². The summed E-state index contributed by atoms with van der Waals surface area (Å²) < 4.78 is 5.51. The van der Waals surface area contributed by atoms with E-state index in [4.69, 9.17) is 4.42 Å². The number of aryl methyl sites for hydroxylation is 1. The number of nitrogens with zero attached hydrogens (tertiary/aromatic N) is 3. The number of carbonyl (C=O) groups is 1. The van der Waals surface area contributed by atoms with Crippen molar-refractivity contribution in [3.05, 3.63) is 59.7 Å². The molecule has 0 radical (unpaired) electrons. The van der Waals surface area contributed by atoms with Crippen molar-refractivity contribution in [2.75, 3.05) is 13.6 Å². The normalized spacial score (nSPS) is 10.9. The summed E-state index contributed by atoms with van der Waals surface area (Å²) in [5.74, 6) is 0.729. The SMILES string of the molecule is Cc1nc2ccc(CC(=O)N(C)CCc3ccncc3)cc2o1. The average Bonchev–Trinajstić information content (AvgIpc) is 2.92. The Morgan fingerprint density at radius 3 is 2.74 bits per heavy atom. The molecular formula is C18H19N3O2. The Labute approximate surface area is 135 Å². The van der Waals surface area contributed by atoms with Crippen LogP contribution in [0.5, 0.6) is 0 Å². The molecule has 2 aromatic heterocycles. The van der Waals surface area contributed by atoms with E-state index in [1.54, 1.807) is 17.3 Å². The maximum atomic E-state index is 12.3. The number of amides is 1. The summed E-state index contributed by atoms with van der Waals surface area (Å²) >= 11 is 0. The summed E-state index contributed by atoms with van der Waals surface area (Å²) in [5, 5.41) is 0. The first-order chi connectivity index (χ1) is 11.1. The van der Waals surface area contributed by atoms with Crippen molar-refractivity contribution in [3.8, 4) is 0 Å². The first kappa shape index (κ1) is 15.2. The number of carbonyl (C=O) groups excluding carboxylic acids is 1. The molecular weight excluding hydrogens is 290 g/mol. The lowest BCUT2D eigenvalue weighted by molar-refractivity contribution is -0.129. The number of likely N-dealkylation sites (N-methyl/N-ethyl adjacent to an activating group) is 1. The van der Waals surface area contributed by atoms with Gasteiger partial charge >= 0.3 is 0 Å². The van der Waals surface area contributed by atoms with Gasteiger partial charge in [-0.05, 0) is 41.8 Å². The molecule has 3 aromatic rings. The fourth-order valence-electron chi connectivity index (χ4n) is 2.47. The van der Waals surface area contributed by atoms with E-state index in [2.05, 4.69) is 9.97 Å². The van der Waals surface area contributed by atoms with E-state index in [1.807, 2.05) is 44.3 Å². The average molecular weight is 309 g/mol. The molecule has 0 aliphatic rings. The monoisotopic (exact) mass is 309 g/mol. The third kappa shape index (κ3) is 3.74. The number of hydrogen-bond donors (Lipinski definition) is 0. The lowest BCUT2D eigenvalue weighted by Crippen LogP contribution is -2.30. The van der Waals surface area contributed by atoms with Gasteiger partial charge in [0, 0.05) is 32.9 Å². The van der Waals surface area contributed by atoms with Crippen LogP contribution in [0, 0.1) is 6.92 Å². The Morgan fingerprint density at radius 2 is 1.96 bits per heavy atom. The van der Waals surface area contributed by atoms with Crippen LogP contribution >= 0.6 is 0 Å². The standard InChI is InChI=1S/C18H19N3O2/c1-13-20-16-4-3-15(11-17(16)23-13)12-18(22)21(2)10-7-14-5-8-19-9-6-14/h3-6,8-9,11H,7,10,12H2,1-2H3. The zero-order chi connectivity index (χ0) is 16.2. The molecule has 0 atom stereocenters. The Hall–Kier alpha value is -2.69. The summed E-state index contributed by atoms with van der Waals surface area (Å²) in [5.41, 5.74) is 3.67. The van der Waals surface area contributed by atoms with Crippen molar-refractivity contribution in [2.24, 2.45) is 0 Å². The second kappa shape index (κ2) is 6.60. The zero-order valence-corrected chi connectivity index (χ0v) is 13.3. The van der Waals surface area contributed by atoms with E-state index in [0.29, 0.717) is 18.9 Å². The molecule has 3 rings (SSSR count). The Balaban J connectivity index is 1.60. The summed E-state index contributed by atoms with van der Waals surface area (Å²) in [4.78, 5) is 22.4. The van der Waals surface area contributed by atoms with Crippen LogP contribution in [0.15, 0.2) is 47.1 Å². The quantitative estimate of drug-likeness (QED) is 0.727. The summed E-state index contributed by atoms with van der Waals surface area (Å²) in [6.45, 7) is 2.50. The summed E-state index contributed by atoms with van der Waals surface area (Å²) in [7, 11) is 1.83. The van der Waals surface area contributed by atoms with E-state index in [-0.39, 0.29) is 5.91 Å². The Kier molecular flexibility index (Phi) is 4.37. The minimum Gasteiger partial charge on any atom is -0.441 e. The Bertz CT molecular complexity index is 812. The van der Waals surface area contributed by atoms with Crippen LogP contribution in [0.25, 0.3) is 11.1 Å². The van der Waals surface area contributed by atoms with Crippen LogP contribution in [0.2, 0.25) is 0 Å². The lowest BCUT2D eigenvalue weighted by Gasteiger charge is -2.17. The molecule has 0 bridgehead atoms. The zero-order valence-electron chi connectivity index (χ0n) is 13.3. The third-order valence-corrected chi connectivity index (χ3v) is 3.83. The number of benzene rings is 1. The van der Waals surface area contributed by atoms with Gasteiger partial charge in [0.1, 0.15) is 5.52 Å². The second-order valence-corrected chi connectivity index (χ2v) is 5.63. The number of oxazole rings is 1. The maximum absolute atomic E-state index is 12.3. The number of hydrogen-bond acceptors (Lipinski definition) is 4. The highest BCUT2D eigenvalue weighted by atomic mass is 16.3. The van der Waals surface area contributed by atoms with Crippen LogP contribution in [0.4, 0.5) is 0 Å². The first-order valence-corrected chi connectivity index (χ1v) is 7.61. The topological polar surface area (TPSA) is 59.2 Å². The van der Waals surface area contributed by atoms with Crippen LogP contribution in [-0.4, -0.2) is 34.4 Å². The van der Waals surface area contributed by atoms with E-state index >= 15 is 0 Å². The van der Waals surface area contributed by atoms with Crippen LogP contribution < -0.4 is 0 Å². The number of rotatable bonds is 5. The van der Waals surface area contributed by atoms with Crippen LogP contribution in [0.3, 0.4) is 0 Å². The molecule has 0 saturated heterocycles. The van der Waals surface area contributed by atoms with Crippen LogP contribution in [-0.2, 0) is 17.6 Å². The predicted octanol–water partition coefficient (Wildman–Crippen LogP) is 2.77. The highest BCUT2D eigenvalue weighted by Crippen LogP contribution is 2.17.